The summed E-state index contributed by atoms with van der Waals surface area (Å²) in [5, 5.41) is 5.62. The summed E-state index contributed by atoms with van der Waals surface area (Å²) < 4.78 is 10.7. The van der Waals surface area contributed by atoms with Gasteiger partial charge in [-0.25, -0.2) is 4.79 Å². The van der Waals surface area contributed by atoms with Crippen LogP contribution in [0.4, 0.5) is 4.79 Å². The van der Waals surface area contributed by atoms with E-state index in [1.165, 1.54) is 0 Å². The van der Waals surface area contributed by atoms with E-state index in [0.29, 0.717) is 24.3 Å². The number of para-hydroxylation sites is 1. The Morgan fingerprint density at radius 1 is 1.23 bits per heavy atom. The SMILES string of the molecule is COc1ccc([C@]2(C)NC(=O)N(CC(=O)N[C@@H]3CCOc4ccccc43)C2=O)cc1. The molecule has 4 rings (SSSR count). The molecule has 0 spiro atoms. The van der Waals surface area contributed by atoms with E-state index in [1.807, 2.05) is 24.3 Å². The van der Waals surface area contributed by atoms with Crippen LogP contribution in [0.15, 0.2) is 48.5 Å². The van der Waals surface area contributed by atoms with Gasteiger partial charge in [0.25, 0.3) is 5.91 Å². The molecule has 0 saturated carbocycles. The predicted octanol–water partition coefficient (Wildman–Crippen LogP) is 2.10. The minimum Gasteiger partial charge on any atom is -0.497 e. The van der Waals surface area contributed by atoms with Crippen molar-refractivity contribution in [3.63, 3.8) is 0 Å². The highest BCUT2D eigenvalue weighted by molar-refractivity contribution is 6.09. The minimum atomic E-state index is -1.24. The van der Waals surface area contributed by atoms with Gasteiger partial charge in [0.15, 0.2) is 0 Å². The van der Waals surface area contributed by atoms with Crippen molar-refractivity contribution < 1.29 is 23.9 Å². The first kappa shape index (κ1) is 19.8. The molecule has 2 heterocycles. The van der Waals surface area contributed by atoms with E-state index in [2.05, 4.69) is 10.6 Å². The minimum absolute atomic E-state index is 0.226. The number of methoxy groups -OCH3 is 1. The van der Waals surface area contributed by atoms with Gasteiger partial charge in [0.1, 0.15) is 23.6 Å². The molecular formula is C22H23N3O5. The number of urea groups is 1. The third-order valence-corrected chi connectivity index (χ3v) is 5.54. The Labute approximate surface area is 174 Å². The van der Waals surface area contributed by atoms with E-state index in [1.54, 1.807) is 38.3 Å². The summed E-state index contributed by atoms with van der Waals surface area (Å²) in [6, 6.07) is 13.6. The molecule has 0 aliphatic carbocycles. The molecule has 2 aromatic carbocycles. The zero-order chi connectivity index (χ0) is 21.3. The van der Waals surface area contributed by atoms with Crippen molar-refractivity contribution in [1.29, 1.82) is 0 Å². The molecule has 0 radical (unpaired) electrons. The summed E-state index contributed by atoms with van der Waals surface area (Å²) in [7, 11) is 1.55. The van der Waals surface area contributed by atoms with Gasteiger partial charge in [0.2, 0.25) is 5.91 Å². The summed E-state index contributed by atoms with van der Waals surface area (Å²) in [4.78, 5) is 39.1. The van der Waals surface area contributed by atoms with Crippen molar-refractivity contribution in [3.8, 4) is 11.5 Å². The van der Waals surface area contributed by atoms with Crippen LogP contribution in [0.5, 0.6) is 11.5 Å². The topological polar surface area (TPSA) is 97.0 Å². The van der Waals surface area contributed by atoms with Crippen molar-refractivity contribution in [2.24, 2.45) is 0 Å². The van der Waals surface area contributed by atoms with E-state index >= 15 is 0 Å². The fourth-order valence-corrected chi connectivity index (χ4v) is 3.84. The van der Waals surface area contributed by atoms with Crippen LogP contribution in [-0.4, -0.2) is 43.0 Å². The number of benzene rings is 2. The molecule has 2 atom stereocenters. The second-order valence-corrected chi connectivity index (χ2v) is 7.47. The lowest BCUT2D eigenvalue weighted by Gasteiger charge is -2.27. The average molecular weight is 409 g/mol. The number of nitrogens with one attached hydrogen (secondary N) is 2. The van der Waals surface area contributed by atoms with E-state index in [9.17, 15) is 14.4 Å². The molecule has 2 N–H and O–H groups in total. The number of hydrogen-bond acceptors (Lipinski definition) is 5. The number of carbonyl (C=O) groups is 3. The smallest absolute Gasteiger partial charge is 0.325 e. The standard InChI is InChI=1S/C22H23N3O5/c1-22(14-7-9-15(29-2)10-8-14)20(27)25(21(28)24-22)13-19(26)23-17-11-12-30-18-6-4-3-5-16(17)18/h3-10,17H,11-13H2,1-2H3,(H,23,26)(H,24,28)/t17-,22+/m1/s1. The summed E-state index contributed by atoms with van der Waals surface area (Å²) in [6.45, 7) is 1.76. The van der Waals surface area contributed by atoms with Crippen LogP contribution in [0.2, 0.25) is 0 Å². The quantitative estimate of drug-likeness (QED) is 0.738. The van der Waals surface area contributed by atoms with Crippen LogP contribution in [0.25, 0.3) is 0 Å². The van der Waals surface area contributed by atoms with E-state index in [0.717, 1.165) is 16.2 Å². The number of fused-ring (bicyclic) bond motifs is 1. The Morgan fingerprint density at radius 2 is 1.97 bits per heavy atom. The van der Waals surface area contributed by atoms with Crippen LogP contribution in [0, 0.1) is 0 Å². The summed E-state index contributed by atoms with van der Waals surface area (Å²) in [6.07, 6.45) is 0.618. The number of ether oxygens (including phenoxy) is 2. The van der Waals surface area contributed by atoms with Gasteiger partial charge in [0.05, 0.1) is 19.8 Å². The van der Waals surface area contributed by atoms with Crippen LogP contribution in [0.1, 0.15) is 30.5 Å². The maximum atomic E-state index is 13.0. The Morgan fingerprint density at radius 3 is 2.70 bits per heavy atom. The first-order valence-electron chi connectivity index (χ1n) is 9.72. The molecule has 0 unspecified atom stereocenters. The molecule has 30 heavy (non-hydrogen) atoms. The summed E-state index contributed by atoms with van der Waals surface area (Å²) in [5.74, 6) is 0.502. The molecule has 4 amide bonds. The van der Waals surface area contributed by atoms with Gasteiger partial charge in [-0.1, -0.05) is 30.3 Å². The highest BCUT2D eigenvalue weighted by Gasteiger charge is 2.49. The lowest BCUT2D eigenvalue weighted by molar-refractivity contribution is -0.135. The molecule has 2 aromatic rings. The number of imide groups is 1. The zero-order valence-electron chi connectivity index (χ0n) is 16.8. The molecule has 2 aliphatic rings. The largest absolute Gasteiger partial charge is 0.497 e. The lowest BCUT2D eigenvalue weighted by atomic mass is 9.92. The Balaban J connectivity index is 1.46. The number of rotatable bonds is 5. The molecule has 0 bridgehead atoms. The normalized spacial score (nSPS) is 22.7. The van der Waals surface area contributed by atoms with Gasteiger partial charge in [-0.05, 0) is 30.7 Å². The van der Waals surface area contributed by atoms with Crippen LogP contribution < -0.4 is 20.1 Å². The van der Waals surface area contributed by atoms with Gasteiger partial charge in [-0.15, -0.1) is 0 Å². The van der Waals surface area contributed by atoms with Crippen molar-refractivity contribution >= 4 is 17.8 Å². The molecular weight excluding hydrogens is 386 g/mol. The summed E-state index contributed by atoms with van der Waals surface area (Å²) in [5.41, 5.74) is 0.259. The van der Waals surface area contributed by atoms with Crippen molar-refractivity contribution in [2.45, 2.75) is 24.9 Å². The maximum absolute atomic E-state index is 13.0. The molecule has 8 heteroatoms. The third-order valence-electron chi connectivity index (χ3n) is 5.54. The van der Waals surface area contributed by atoms with Crippen LogP contribution in [-0.2, 0) is 15.1 Å². The Bertz CT molecular complexity index is 991. The van der Waals surface area contributed by atoms with Gasteiger partial charge < -0.3 is 20.1 Å². The maximum Gasteiger partial charge on any atom is 0.325 e. The zero-order valence-corrected chi connectivity index (χ0v) is 16.8. The first-order valence-corrected chi connectivity index (χ1v) is 9.72. The molecule has 156 valence electrons. The molecule has 1 saturated heterocycles. The fourth-order valence-electron chi connectivity index (χ4n) is 3.84. The predicted molar refractivity (Wildman–Crippen MR) is 108 cm³/mol. The fraction of sp³-hybridized carbons (Fsp3) is 0.318. The molecule has 2 aliphatic heterocycles. The number of nitrogens with zero attached hydrogens (tertiary/aromatic N) is 1. The average Bonchev–Trinajstić information content (AvgIpc) is 2.98. The Kier molecular flexibility index (Phi) is 5.07. The molecule has 0 aromatic heterocycles. The lowest BCUT2D eigenvalue weighted by Crippen LogP contribution is -2.44. The van der Waals surface area contributed by atoms with Crippen LogP contribution >= 0.6 is 0 Å². The second-order valence-electron chi connectivity index (χ2n) is 7.47. The van der Waals surface area contributed by atoms with Crippen molar-refractivity contribution in [2.75, 3.05) is 20.3 Å². The van der Waals surface area contributed by atoms with E-state index < -0.39 is 23.4 Å². The second kappa shape index (κ2) is 7.70. The van der Waals surface area contributed by atoms with Crippen LogP contribution in [0.3, 0.4) is 0 Å². The Hall–Kier alpha value is -3.55. The van der Waals surface area contributed by atoms with Gasteiger partial charge in [0, 0.05) is 12.0 Å². The molecule has 1 fully saturated rings. The number of hydrogen-bond donors (Lipinski definition) is 2. The summed E-state index contributed by atoms with van der Waals surface area (Å²) >= 11 is 0. The van der Waals surface area contributed by atoms with Crippen molar-refractivity contribution in [3.05, 3.63) is 59.7 Å². The highest BCUT2D eigenvalue weighted by Crippen LogP contribution is 2.32. The monoisotopic (exact) mass is 409 g/mol. The van der Waals surface area contributed by atoms with Crippen molar-refractivity contribution in [1.82, 2.24) is 15.5 Å². The number of amides is 4. The highest BCUT2D eigenvalue weighted by atomic mass is 16.5. The van der Waals surface area contributed by atoms with E-state index in [-0.39, 0.29) is 12.6 Å². The van der Waals surface area contributed by atoms with E-state index in [4.69, 9.17) is 9.47 Å². The first-order chi connectivity index (χ1) is 14.4. The third kappa shape index (κ3) is 3.45. The molecule has 8 nitrogen and oxygen atoms in total. The van der Waals surface area contributed by atoms with Gasteiger partial charge >= 0.3 is 6.03 Å². The number of carbonyl (C=O) groups excluding carboxylic acids is 3. The van der Waals surface area contributed by atoms with Gasteiger partial charge in [-0.3, -0.25) is 14.5 Å². The van der Waals surface area contributed by atoms with Gasteiger partial charge in [-0.2, -0.15) is 0 Å².